The highest BCUT2D eigenvalue weighted by Crippen LogP contribution is 2.34. The highest BCUT2D eigenvalue weighted by atomic mass is 16.7. The molecule has 1 aromatic carbocycles. The van der Waals surface area contributed by atoms with Crippen LogP contribution in [0.4, 0.5) is 10.5 Å². The molecule has 2 amide bonds. The van der Waals surface area contributed by atoms with Crippen molar-refractivity contribution in [3.63, 3.8) is 0 Å². The van der Waals surface area contributed by atoms with Crippen molar-refractivity contribution in [2.45, 2.75) is 59.6 Å². The Kier molecular flexibility index (Phi) is 6.27. The summed E-state index contributed by atoms with van der Waals surface area (Å²) in [5.41, 5.74) is 2.60. The fourth-order valence-corrected chi connectivity index (χ4v) is 3.59. The van der Waals surface area contributed by atoms with E-state index in [1.807, 2.05) is 13.8 Å². The zero-order chi connectivity index (χ0) is 24.5. The number of ether oxygens (including phenoxy) is 3. The van der Waals surface area contributed by atoms with Gasteiger partial charge < -0.3 is 24.8 Å². The van der Waals surface area contributed by atoms with Crippen LogP contribution in [-0.4, -0.2) is 44.0 Å². The van der Waals surface area contributed by atoms with E-state index in [2.05, 4.69) is 25.7 Å². The van der Waals surface area contributed by atoms with Crippen molar-refractivity contribution in [3.8, 4) is 11.5 Å². The summed E-state index contributed by atoms with van der Waals surface area (Å²) in [4.78, 5) is 33.4. The highest BCUT2D eigenvalue weighted by molar-refractivity contribution is 5.91. The second-order valence-electron chi connectivity index (χ2n) is 8.97. The average Bonchev–Trinajstić information content (AvgIpc) is 3.37. The molecule has 11 heteroatoms. The van der Waals surface area contributed by atoms with Gasteiger partial charge in [-0.15, -0.1) is 5.10 Å². The summed E-state index contributed by atoms with van der Waals surface area (Å²) in [5.74, 6) is 2.00. The lowest BCUT2D eigenvalue weighted by Crippen LogP contribution is -2.32. The first-order valence-corrected chi connectivity index (χ1v) is 11.0. The summed E-state index contributed by atoms with van der Waals surface area (Å²) in [7, 11) is 0. The molecule has 0 fully saturated rings. The van der Waals surface area contributed by atoms with Crippen molar-refractivity contribution >= 4 is 23.5 Å². The third-order valence-electron chi connectivity index (χ3n) is 5.14. The van der Waals surface area contributed by atoms with E-state index in [4.69, 9.17) is 14.2 Å². The van der Waals surface area contributed by atoms with E-state index in [1.165, 1.54) is 0 Å². The molecule has 0 atom stereocenters. The van der Waals surface area contributed by atoms with E-state index < -0.39 is 11.7 Å². The van der Waals surface area contributed by atoms with Gasteiger partial charge in [0.05, 0.1) is 6.54 Å². The summed E-state index contributed by atoms with van der Waals surface area (Å²) in [5, 5.41) is 9.99. The number of carbonyl (C=O) groups is 2. The first-order chi connectivity index (χ1) is 16.1. The Morgan fingerprint density at radius 1 is 1.15 bits per heavy atom. The fraction of sp³-hybridized carbons (Fsp3) is 0.435. The van der Waals surface area contributed by atoms with Crippen molar-refractivity contribution in [3.05, 3.63) is 41.0 Å². The molecule has 3 heterocycles. The predicted octanol–water partition coefficient (Wildman–Crippen LogP) is 3.07. The monoisotopic (exact) mass is 468 g/mol. The molecule has 34 heavy (non-hydrogen) atoms. The van der Waals surface area contributed by atoms with E-state index in [0.717, 1.165) is 17.0 Å². The molecular formula is C23H28N6O5. The van der Waals surface area contributed by atoms with E-state index in [0.29, 0.717) is 35.2 Å². The molecule has 4 rings (SSSR count). The van der Waals surface area contributed by atoms with Gasteiger partial charge in [0.15, 0.2) is 17.3 Å². The number of nitrogens with zero attached hydrogens (tertiary/aromatic N) is 4. The first-order valence-electron chi connectivity index (χ1n) is 11.0. The number of carbonyl (C=O) groups excluding carboxylic acids is 2. The molecule has 0 saturated carbocycles. The van der Waals surface area contributed by atoms with E-state index in [1.54, 1.807) is 43.5 Å². The smallest absolute Gasteiger partial charge is 0.408 e. The summed E-state index contributed by atoms with van der Waals surface area (Å²) in [6.07, 6.45) is 0.217. The van der Waals surface area contributed by atoms with E-state index in [9.17, 15) is 9.59 Å². The summed E-state index contributed by atoms with van der Waals surface area (Å²) in [6, 6.07) is 5.29. The molecule has 0 radical (unpaired) electrons. The number of aromatic nitrogens is 4. The van der Waals surface area contributed by atoms with Crippen molar-refractivity contribution in [2.24, 2.45) is 0 Å². The number of anilines is 1. The minimum Gasteiger partial charge on any atom is -0.454 e. The van der Waals surface area contributed by atoms with Crippen LogP contribution in [0.25, 0.3) is 5.78 Å². The van der Waals surface area contributed by atoms with Crippen LogP contribution in [0.1, 0.15) is 50.0 Å². The van der Waals surface area contributed by atoms with Crippen LogP contribution < -0.4 is 20.1 Å². The topological polar surface area (TPSA) is 129 Å². The molecule has 2 aromatic heterocycles. The Bertz CT molecular complexity index is 1250. The molecule has 1 aliphatic heterocycles. The minimum absolute atomic E-state index is 0.115. The third kappa shape index (κ3) is 5.36. The Hall–Kier alpha value is -3.89. The molecule has 0 unspecified atom stereocenters. The van der Waals surface area contributed by atoms with Crippen molar-refractivity contribution < 1.29 is 23.8 Å². The maximum atomic E-state index is 12.5. The highest BCUT2D eigenvalue weighted by Gasteiger charge is 2.19. The lowest BCUT2D eigenvalue weighted by molar-refractivity contribution is -0.116. The zero-order valence-corrected chi connectivity index (χ0v) is 19.9. The van der Waals surface area contributed by atoms with Gasteiger partial charge in [-0.2, -0.15) is 4.98 Å². The standard InChI is InChI=1S/C23H28N6O5/c1-13-16(7-9-20(30)26-15-6-8-17-18(10-15)33-12-32-17)14(2)29-21(25-13)27-19(28-29)11-24-22(31)34-23(3,4)5/h6,8,10H,7,9,11-12H2,1-5H3,(H,24,31)(H,26,30). The lowest BCUT2D eigenvalue weighted by Gasteiger charge is -2.19. The molecule has 11 nitrogen and oxygen atoms in total. The molecule has 1 aliphatic rings. The average molecular weight is 469 g/mol. The van der Waals surface area contributed by atoms with Gasteiger partial charge in [0.1, 0.15) is 5.60 Å². The molecule has 0 aliphatic carbocycles. The summed E-state index contributed by atoms with van der Waals surface area (Å²) < 4.78 is 17.5. The van der Waals surface area contributed by atoms with Gasteiger partial charge in [-0.1, -0.05) is 0 Å². The van der Waals surface area contributed by atoms with Gasteiger partial charge >= 0.3 is 6.09 Å². The van der Waals surface area contributed by atoms with Crippen molar-refractivity contribution in [2.75, 3.05) is 12.1 Å². The zero-order valence-electron chi connectivity index (χ0n) is 19.9. The number of alkyl carbamates (subject to hydrolysis) is 1. The van der Waals surface area contributed by atoms with E-state index in [-0.39, 0.29) is 25.7 Å². The predicted molar refractivity (Wildman–Crippen MR) is 123 cm³/mol. The summed E-state index contributed by atoms with van der Waals surface area (Å²) in [6.45, 7) is 9.47. The Labute approximate surface area is 196 Å². The number of amides is 2. The lowest BCUT2D eigenvalue weighted by atomic mass is 10.1. The van der Waals surface area contributed by atoms with E-state index >= 15 is 0 Å². The summed E-state index contributed by atoms with van der Waals surface area (Å²) >= 11 is 0. The normalized spacial score (nSPS) is 12.6. The molecule has 2 N–H and O–H groups in total. The van der Waals surface area contributed by atoms with Gasteiger partial charge in [-0.3, -0.25) is 4.79 Å². The number of aryl methyl sites for hydroxylation is 2. The number of benzene rings is 1. The van der Waals surface area contributed by atoms with Crippen LogP contribution in [0.3, 0.4) is 0 Å². The third-order valence-corrected chi connectivity index (χ3v) is 5.14. The second-order valence-corrected chi connectivity index (χ2v) is 8.97. The molecule has 0 spiro atoms. The van der Waals surface area contributed by atoms with Gasteiger partial charge in [0, 0.05) is 29.6 Å². The van der Waals surface area contributed by atoms with Gasteiger partial charge in [-0.05, 0) is 58.7 Å². The Morgan fingerprint density at radius 2 is 1.91 bits per heavy atom. The van der Waals surface area contributed by atoms with Crippen LogP contribution in [0.2, 0.25) is 0 Å². The molecule has 0 bridgehead atoms. The molecule has 0 saturated heterocycles. The van der Waals surface area contributed by atoms with Crippen molar-refractivity contribution in [1.29, 1.82) is 0 Å². The maximum absolute atomic E-state index is 12.5. The second kappa shape index (κ2) is 9.16. The fourth-order valence-electron chi connectivity index (χ4n) is 3.59. The van der Waals surface area contributed by atoms with Crippen LogP contribution >= 0.6 is 0 Å². The number of fused-ring (bicyclic) bond motifs is 2. The maximum Gasteiger partial charge on any atom is 0.408 e. The minimum atomic E-state index is -0.588. The number of rotatable bonds is 6. The quantitative estimate of drug-likeness (QED) is 0.565. The largest absolute Gasteiger partial charge is 0.454 e. The first kappa shape index (κ1) is 23.3. The Morgan fingerprint density at radius 3 is 2.68 bits per heavy atom. The molecular weight excluding hydrogens is 440 g/mol. The number of hydrogen-bond donors (Lipinski definition) is 2. The van der Waals surface area contributed by atoms with Crippen molar-refractivity contribution in [1.82, 2.24) is 24.9 Å². The van der Waals surface area contributed by atoms with Crippen LogP contribution in [0.15, 0.2) is 18.2 Å². The van der Waals surface area contributed by atoms with Gasteiger partial charge in [0.2, 0.25) is 12.7 Å². The number of hydrogen-bond acceptors (Lipinski definition) is 8. The van der Waals surface area contributed by atoms with Crippen LogP contribution in [0.5, 0.6) is 11.5 Å². The molecule has 180 valence electrons. The Balaban J connectivity index is 1.40. The SMILES string of the molecule is Cc1nc2nc(CNC(=O)OC(C)(C)C)nn2c(C)c1CCC(=O)Nc1ccc2c(c1)OCO2. The molecule has 3 aromatic rings. The number of nitrogens with one attached hydrogen (secondary N) is 2. The van der Waals surface area contributed by atoms with Crippen LogP contribution in [-0.2, 0) is 22.5 Å². The van der Waals surface area contributed by atoms with Gasteiger partial charge in [0.25, 0.3) is 5.78 Å². The van der Waals surface area contributed by atoms with Crippen LogP contribution in [0, 0.1) is 13.8 Å². The van der Waals surface area contributed by atoms with Gasteiger partial charge in [-0.25, -0.2) is 14.3 Å².